The average molecular weight is 328 g/mol. The molecule has 1 aliphatic carbocycles. The van der Waals surface area contributed by atoms with Crippen molar-refractivity contribution in [3.63, 3.8) is 0 Å². The third-order valence-corrected chi connectivity index (χ3v) is 4.32. The molecule has 0 heterocycles. The number of carbonyl (C=O) groups is 2. The second kappa shape index (κ2) is 7.95. The number of hydrogen-bond acceptors (Lipinski definition) is 4. The molecule has 1 aromatic carbocycles. The Hall–Kier alpha value is -2.36. The molecule has 0 bridgehead atoms. The van der Waals surface area contributed by atoms with Crippen LogP contribution in [0, 0.1) is 11.3 Å². The van der Waals surface area contributed by atoms with Crippen molar-refractivity contribution in [2.24, 2.45) is 11.3 Å². The number of carbonyl (C=O) groups excluding carboxylic acids is 2. The minimum Gasteiger partial charge on any atom is -0.465 e. The maximum absolute atomic E-state index is 12.6. The Bertz CT molecular complexity index is 612. The zero-order valence-electron chi connectivity index (χ0n) is 14.3. The first kappa shape index (κ1) is 18.0. The summed E-state index contributed by atoms with van der Waals surface area (Å²) < 4.78 is 10.4. The second-order valence-corrected chi connectivity index (χ2v) is 5.88. The maximum atomic E-state index is 12.6. The molecule has 1 aromatic rings. The van der Waals surface area contributed by atoms with E-state index < -0.39 is 17.4 Å². The standard InChI is InChI=1S/C20H24O4/c1-4-16-13-20(18(21)23-5-2,19(22)24-6-3)14-17(16)12-15-10-8-7-9-11-15/h4,7-12,16H,1,5-6,13-14H2,2-3H3/b17-12+. The average Bonchev–Trinajstić information content (AvgIpc) is 2.96. The van der Waals surface area contributed by atoms with Crippen molar-refractivity contribution in [3.05, 3.63) is 54.1 Å². The van der Waals surface area contributed by atoms with Gasteiger partial charge in [0.15, 0.2) is 5.41 Å². The molecule has 1 aliphatic rings. The van der Waals surface area contributed by atoms with Crippen molar-refractivity contribution < 1.29 is 19.1 Å². The first-order chi connectivity index (χ1) is 11.6. The molecule has 0 radical (unpaired) electrons. The van der Waals surface area contributed by atoms with E-state index in [0.717, 1.165) is 11.1 Å². The van der Waals surface area contributed by atoms with E-state index in [1.165, 1.54) is 0 Å². The van der Waals surface area contributed by atoms with Gasteiger partial charge in [-0.05, 0) is 38.2 Å². The third kappa shape index (κ3) is 3.58. The molecule has 2 rings (SSSR count). The summed E-state index contributed by atoms with van der Waals surface area (Å²) in [5, 5.41) is 0. The van der Waals surface area contributed by atoms with Crippen molar-refractivity contribution in [3.8, 4) is 0 Å². The molecule has 4 heteroatoms. The van der Waals surface area contributed by atoms with E-state index in [2.05, 4.69) is 6.58 Å². The molecule has 128 valence electrons. The molecule has 0 aromatic heterocycles. The van der Waals surface area contributed by atoms with Gasteiger partial charge in [-0.25, -0.2) is 0 Å². The number of ether oxygens (including phenoxy) is 2. The lowest BCUT2D eigenvalue weighted by atomic mass is 9.85. The van der Waals surface area contributed by atoms with Gasteiger partial charge in [0.05, 0.1) is 13.2 Å². The Morgan fingerprint density at radius 1 is 1.17 bits per heavy atom. The van der Waals surface area contributed by atoms with Crippen LogP contribution in [0.1, 0.15) is 32.3 Å². The summed E-state index contributed by atoms with van der Waals surface area (Å²) in [6.45, 7) is 7.80. The van der Waals surface area contributed by atoms with Crippen molar-refractivity contribution in [1.29, 1.82) is 0 Å². The SMILES string of the molecule is C=CC1CC(C(=O)OCC)(C(=O)OCC)C/C1=C\c1ccccc1. The summed E-state index contributed by atoms with van der Waals surface area (Å²) >= 11 is 0. The van der Waals surface area contributed by atoms with Crippen molar-refractivity contribution in [2.75, 3.05) is 13.2 Å². The van der Waals surface area contributed by atoms with E-state index in [-0.39, 0.29) is 19.1 Å². The van der Waals surface area contributed by atoms with Crippen LogP contribution in [-0.4, -0.2) is 25.2 Å². The highest BCUT2D eigenvalue weighted by Gasteiger charge is 2.55. The van der Waals surface area contributed by atoms with Gasteiger partial charge in [0.1, 0.15) is 0 Å². The summed E-state index contributed by atoms with van der Waals surface area (Å²) in [6, 6.07) is 9.83. The van der Waals surface area contributed by atoms with E-state index in [9.17, 15) is 9.59 Å². The van der Waals surface area contributed by atoms with Crippen molar-refractivity contribution in [2.45, 2.75) is 26.7 Å². The normalized spacial score (nSPS) is 20.6. The van der Waals surface area contributed by atoms with Gasteiger partial charge in [-0.2, -0.15) is 0 Å². The van der Waals surface area contributed by atoms with Gasteiger partial charge in [0.2, 0.25) is 0 Å². The molecule has 1 atom stereocenters. The van der Waals surface area contributed by atoms with Gasteiger partial charge in [-0.3, -0.25) is 9.59 Å². The summed E-state index contributed by atoms with van der Waals surface area (Å²) in [5.74, 6) is -1.07. The number of hydrogen-bond donors (Lipinski definition) is 0. The molecule has 0 N–H and O–H groups in total. The molecule has 0 aliphatic heterocycles. The van der Waals surface area contributed by atoms with Crippen LogP contribution in [0.4, 0.5) is 0 Å². The van der Waals surface area contributed by atoms with E-state index >= 15 is 0 Å². The molecule has 1 saturated carbocycles. The number of allylic oxidation sites excluding steroid dienone is 2. The van der Waals surface area contributed by atoms with Gasteiger partial charge in [-0.1, -0.05) is 48.1 Å². The second-order valence-electron chi connectivity index (χ2n) is 5.88. The minimum absolute atomic E-state index is 0.0565. The Kier molecular flexibility index (Phi) is 5.96. The summed E-state index contributed by atoms with van der Waals surface area (Å²) in [4.78, 5) is 25.1. The first-order valence-electron chi connectivity index (χ1n) is 8.30. The molecular formula is C20H24O4. The van der Waals surface area contributed by atoms with E-state index in [4.69, 9.17) is 9.47 Å². The van der Waals surface area contributed by atoms with E-state index in [0.29, 0.717) is 12.8 Å². The van der Waals surface area contributed by atoms with Crippen LogP contribution in [0.3, 0.4) is 0 Å². The largest absolute Gasteiger partial charge is 0.465 e. The predicted octanol–water partition coefficient (Wildman–Crippen LogP) is 3.78. The topological polar surface area (TPSA) is 52.6 Å². The molecule has 1 fully saturated rings. The zero-order chi connectivity index (χ0) is 17.6. The van der Waals surface area contributed by atoms with Crippen LogP contribution in [0.25, 0.3) is 6.08 Å². The van der Waals surface area contributed by atoms with Gasteiger partial charge in [-0.15, -0.1) is 6.58 Å². The minimum atomic E-state index is -1.27. The summed E-state index contributed by atoms with van der Waals surface area (Å²) in [5.41, 5.74) is 0.756. The fourth-order valence-electron chi connectivity index (χ4n) is 3.15. The Labute approximate surface area is 143 Å². The lowest BCUT2D eigenvalue weighted by molar-refractivity contribution is -0.171. The highest BCUT2D eigenvalue weighted by molar-refractivity contribution is 6.01. The Morgan fingerprint density at radius 2 is 1.75 bits per heavy atom. The monoisotopic (exact) mass is 328 g/mol. The molecule has 24 heavy (non-hydrogen) atoms. The summed E-state index contributed by atoms with van der Waals surface area (Å²) in [7, 11) is 0. The molecule has 0 spiro atoms. The van der Waals surface area contributed by atoms with Crippen LogP contribution in [-0.2, 0) is 19.1 Å². The van der Waals surface area contributed by atoms with Crippen molar-refractivity contribution >= 4 is 18.0 Å². The highest BCUT2D eigenvalue weighted by Crippen LogP contribution is 2.48. The van der Waals surface area contributed by atoms with Crippen molar-refractivity contribution in [1.82, 2.24) is 0 Å². The molecule has 0 saturated heterocycles. The van der Waals surface area contributed by atoms with Gasteiger partial charge >= 0.3 is 11.9 Å². The number of benzene rings is 1. The smallest absolute Gasteiger partial charge is 0.323 e. The van der Waals surface area contributed by atoms with Crippen LogP contribution in [0.15, 0.2) is 48.6 Å². The molecular weight excluding hydrogens is 304 g/mol. The van der Waals surface area contributed by atoms with E-state index in [1.54, 1.807) is 19.9 Å². The quantitative estimate of drug-likeness (QED) is 0.453. The van der Waals surface area contributed by atoms with E-state index in [1.807, 2.05) is 36.4 Å². The first-order valence-corrected chi connectivity index (χ1v) is 8.30. The van der Waals surface area contributed by atoms with Gasteiger partial charge in [0.25, 0.3) is 0 Å². The molecule has 0 amide bonds. The van der Waals surface area contributed by atoms with Crippen LogP contribution < -0.4 is 0 Å². The fourth-order valence-corrected chi connectivity index (χ4v) is 3.15. The highest BCUT2D eigenvalue weighted by atomic mass is 16.6. The lowest BCUT2D eigenvalue weighted by Gasteiger charge is -2.24. The number of rotatable bonds is 6. The fraction of sp³-hybridized carbons (Fsp3) is 0.400. The van der Waals surface area contributed by atoms with Crippen LogP contribution >= 0.6 is 0 Å². The maximum Gasteiger partial charge on any atom is 0.323 e. The van der Waals surface area contributed by atoms with Crippen LogP contribution in [0.2, 0.25) is 0 Å². The third-order valence-electron chi connectivity index (χ3n) is 4.32. The Morgan fingerprint density at radius 3 is 2.25 bits per heavy atom. The zero-order valence-corrected chi connectivity index (χ0v) is 14.3. The number of esters is 2. The van der Waals surface area contributed by atoms with Gasteiger partial charge in [0, 0.05) is 0 Å². The van der Waals surface area contributed by atoms with Gasteiger partial charge < -0.3 is 9.47 Å². The molecule has 4 nitrogen and oxygen atoms in total. The summed E-state index contributed by atoms with van der Waals surface area (Å²) in [6.07, 6.45) is 4.45. The van der Waals surface area contributed by atoms with Crippen LogP contribution in [0.5, 0.6) is 0 Å². The molecule has 1 unspecified atom stereocenters. The lowest BCUT2D eigenvalue weighted by Crippen LogP contribution is -2.40. The Balaban J connectivity index is 2.40. The predicted molar refractivity (Wildman–Crippen MR) is 93.0 cm³/mol.